The predicted octanol–water partition coefficient (Wildman–Crippen LogP) is 2.44. The smallest absolute Gasteiger partial charge is 0.279 e. The van der Waals surface area contributed by atoms with Crippen LogP contribution in [-0.2, 0) is 0 Å². The van der Waals surface area contributed by atoms with E-state index in [4.69, 9.17) is 5.73 Å². The lowest BCUT2D eigenvalue weighted by molar-refractivity contribution is 0.102. The number of carbonyl (C=O) groups excluding carboxylic acids is 1. The van der Waals surface area contributed by atoms with Crippen molar-refractivity contribution in [3.05, 3.63) is 26.8 Å². The molecule has 104 valence electrons. The number of nitrogens with one attached hydrogen (secondary N) is 2. The number of rotatable bonds is 3. The number of amides is 1. The van der Waals surface area contributed by atoms with Gasteiger partial charge in [-0.05, 0) is 44.7 Å². The minimum Gasteiger partial charge on any atom is -0.395 e. The summed E-state index contributed by atoms with van der Waals surface area (Å²) >= 11 is 6.42. The highest BCUT2D eigenvalue weighted by atomic mass is 79.9. The predicted molar refractivity (Wildman–Crippen MR) is 80.4 cm³/mol. The van der Waals surface area contributed by atoms with Gasteiger partial charge in [0, 0.05) is 5.92 Å². The molecule has 1 aliphatic carbocycles. The lowest BCUT2D eigenvalue weighted by Crippen LogP contribution is -2.16. The van der Waals surface area contributed by atoms with Gasteiger partial charge in [0.05, 0.1) is 17.6 Å². The Kier molecular flexibility index (Phi) is 3.47. The summed E-state index contributed by atoms with van der Waals surface area (Å²) in [5.74, 6) is 0.305. The zero-order valence-electron chi connectivity index (χ0n) is 10.2. The van der Waals surface area contributed by atoms with Crippen LogP contribution in [0.15, 0.2) is 15.4 Å². The minimum absolute atomic E-state index is 0.184. The van der Waals surface area contributed by atoms with Crippen LogP contribution in [0.1, 0.15) is 34.9 Å². The number of anilines is 2. The molecule has 3 rings (SSSR count). The molecule has 1 saturated carbocycles. The van der Waals surface area contributed by atoms with Gasteiger partial charge in [-0.25, -0.2) is 9.97 Å². The SMILES string of the molecule is Nc1c(C(=O)Nc2ncc(Br)nc2Br)n[nH]c1C1CC1. The Bertz CT molecular complexity index is 682. The van der Waals surface area contributed by atoms with Crippen molar-refractivity contribution in [3.63, 3.8) is 0 Å². The number of nitrogen functional groups attached to an aromatic ring is 1. The van der Waals surface area contributed by atoms with E-state index in [1.165, 1.54) is 6.20 Å². The second-order valence-corrected chi connectivity index (χ2v) is 6.02. The second-order valence-electron chi connectivity index (χ2n) is 4.46. The van der Waals surface area contributed by atoms with Crippen LogP contribution in [0.2, 0.25) is 0 Å². The second kappa shape index (κ2) is 5.13. The zero-order chi connectivity index (χ0) is 14.3. The summed E-state index contributed by atoms with van der Waals surface area (Å²) in [4.78, 5) is 20.3. The number of nitrogens with zero attached hydrogens (tertiary/aromatic N) is 3. The summed E-state index contributed by atoms with van der Waals surface area (Å²) in [6.45, 7) is 0. The van der Waals surface area contributed by atoms with Crippen molar-refractivity contribution in [1.82, 2.24) is 20.2 Å². The van der Waals surface area contributed by atoms with Gasteiger partial charge in [0.15, 0.2) is 11.5 Å². The van der Waals surface area contributed by atoms with Gasteiger partial charge in [0.2, 0.25) is 0 Å². The average Bonchev–Trinajstić information content (AvgIpc) is 3.16. The fourth-order valence-electron chi connectivity index (χ4n) is 1.82. The number of aromatic nitrogens is 4. The Morgan fingerprint density at radius 2 is 2.20 bits per heavy atom. The number of hydrogen-bond donors (Lipinski definition) is 3. The topological polar surface area (TPSA) is 110 Å². The van der Waals surface area contributed by atoms with Gasteiger partial charge >= 0.3 is 0 Å². The maximum atomic E-state index is 12.2. The van der Waals surface area contributed by atoms with E-state index in [-0.39, 0.29) is 5.69 Å². The first kappa shape index (κ1) is 13.5. The number of hydrogen-bond acceptors (Lipinski definition) is 5. The molecular weight excluding hydrogens is 392 g/mol. The minimum atomic E-state index is -0.414. The molecule has 2 aromatic heterocycles. The Hall–Kier alpha value is -1.48. The van der Waals surface area contributed by atoms with Gasteiger partial charge in [0.25, 0.3) is 5.91 Å². The lowest BCUT2D eigenvalue weighted by Gasteiger charge is -2.04. The van der Waals surface area contributed by atoms with E-state index in [0.717, 1.165) is 18.5 Å². The molecule has 1 amide bonds. The standard InChI is InChI=1S/C11H10Br2N6O/c12-5-3-15-10(9(13)16-5)17-11(20)8-6(14)7(18-19-8)4-1-2-4/h3-4H,1-2,14H2,(H,18,19)(H,15,17,20). The van der Waals surface area contributed by atoms with Crippen molar-refractivity contribution in [2.24, 2.45) is 0 Å². The van der Waals surface area contributed by atoms with Crippen LogP contribution in [0.25, 0.3) is 0 Å². The molecule has 1 aliphatic rings. The monoisotopic (exact) mass is 400 g/mol. The third-order valence-electron chi connectivity index (χ3n) is 2.97. The van der Waals surface area contributed by atoms with Crippen LogP contribution in [0.3, 0.4) is 0 Å². The molecule has 4 N–H and O–H groups in total. The summed E-state index contributed by atoms with van der Waals surface area (Å²) in [5, 5.41) is 9.45. The molecule has 1 fully saturated rings. The molecule has 0 unspecified atom stereocenters. The first-order chi connectivity index (χ1) is 9.56. The highest BCUT2D eigenvalue weighted by Crippen LogP contribution is 2.42. The molecule has 0 atom stereocenters. The third-order valence-corrected chi connectivity index (χ3v) is 3.90. The summed E-state index contributed by atoms with van der Waals surface area (Å²) in [6, 6.07) is 0. The van der Waals surface area contributed by atoms with Crippen molar-refractivity contribution in [2.45, 2.75) is 18.8 Å². The van der Waals surface area contributed by atoms with E-state index in [1.54, 1.807) is 0 Å². The van der Waals surface area contributed by atoms with Crippen LogP contribution in [0, 0.1) is 0 Å². The summed E-state index contributed by atoms with van der Waals surface area (Å²) in [6.07, 6.45) is 3.65. The summed E-state index contributed by atoms with van der Waals surface area (Å²) in [7, 11) is 0. The van der Waals surface area contributed by atoms with Crippen molar-refractivity contribution in [3.8, 4) is 0 Å². The maximum absolute atomic E-state index is 12.2. The van der Waals surface area contributed by atoms with Gasteiger partial charge < -0.3 is 11.1 Å². The molecule has 0 aromatic carbocycles. The van der Waals surface area contributed by atoms with Gasteiger partial charge in [-0.15, -0.1) is 0 Å². The molecule has 0 radical (unpaired) electrons. The molecule has 0 aliphatic heterocycles. The van der Waals surface area contributed by atoms with E-state index >= 15 is 0 Å². The first-order valence-electron chi connectivity index (χ1n) is 5.89. The van der Waals surface area contributed by atoms with E-state index in [2.05, 4.69) is 57.3 Å². The molecule has 2 aromatic rings. The van der Waals surface area contributed by atoms with E-state index in [1.807, 2.05) is 0 Å². The average molecular weight is 402 g/mol. The van der Waals surface area contributed by atoms with Crippen molar-refractivity contribution in [1.29, 1.82) is 0 Å². The third kappa shape index (κ3) is 2.55. The molecular formula is C11H10Br2N6O. The summed E-state index contributed by atoms with van der Waals surface area (Å²) < 4.78 is 0.995. The van der Waals surface area contributed by atoms with E-state index in [9.17, 15) is 4.79 Å². The van der Waals surface area contributed by atoms with Crippen LogP contribution in [0.4, 0.5) is 11.5 Å². The molecule has 0 bridgehead atoms. The number of halogens is 2. The molecule has 9 heteroatoms. The number of carbonyl (C=O) groups is 1. The Morgan fingerprint density at radius 3 is 2.85 bits per heavy atom. The zero-order valence-corrected chi connectivity index (χ0v) is 13.3. The molecule has 0 spiro atoms. The van der Waals surface area contributed by atoms with Gasteiger partial charge in [-0.3, -0.25) is 9.89 Å². The molecule has 2 heterocycles. The Balaban J connectivity index is 1.82. The highest BCUT2D eigenvalue weighted by molar-refractivity contribution is 9.11. The number of aromatic amines is 1. The maximum Gasteiger partial charge on any atom is 0.279 e. The van der Waals surface area contributed by atoms with Crippen molar-refractivity contribution >= 4 is 49.3 Å². The molecule has 20 heavy (non-hydrogen) atoms. The lowest BCUT2D eigenvalue weighted by atomic mass is 10.2. The number of H-pyrrole nitrogens is 1. The highest BCUT2D eigenvalue weighted by Gasteiger charge is 2.30. The quantitative estimate of drug-likeness (QED) is 0.731. The number of nitrogens with two attached hydrogens (primary N) is 1. The fourth-order valence-corrected chi connectivity index (χ4v) is 2.73. The van der Waals surface area contributed by atoms with E-state index < -0.39 is 5.91 Å². The molecule has 7 nitrogen and oxygen atoms in total. The summed E-state index contributed by atoms with van der Waals surface area (Å²) in [5.41, 5.74) is 7.39. The van der Waals surface area contributed by atoms with Crippen molar-refractivity contribution in [2.75, 3.05) is 11.1 Å². The first-order valence-corrected chi connectivity index (χ1v) is 7.48. The normalized spacial score (nSPS) is 14.3. The largest absolute Gasteiger partial charge is 0.395 e. The fraction of sp³-hybridized carbons (Fsp3) is 0.273. The van der Waals surface area contributed by atoms with Crippen LogP contribution < -0.4 is 11.1 Å². The van der Waals surface area contributed by atoms with Crippen LogP contribution in [0.5, 0.6) is 0 Å². The van der Waals surface area contributed by atoms with Gasteiger partial charge in [-0.1, -0.05) is 0 Å². The van der Waals surface area contributed by atoms with Crippen LogP contribution in [-0.4, -0.2) is 26.1 Å². The molecule has 0 saturated heterocycles. The van der Waals surface area contributed by atoms with Gasteiger partial charge in [-0.2, -0.15) is 5.10 Å². The van der Waals surface area contributed by atoms with E-state index in [0.29, 0.717) is 26.6 Å². The van der Waals surface area contributed by atoms with Gasteiger partial charge in [0.1, 0.15) is 9.21 Å². The Labute approximate surface area is 131 Å². The van der Waals surface area contributed by atoms with Crippen molar-refractivity contribution < 1.29 is 4.79 Å². The van der Waals surface area contributed by atoms with Crippen LogP contribution >= 0.6 is 31.9 Å². The Morgan fingerprint density at radius 1 is 1.45 bits per heavy atom.